The van der Waals surface area contributed by atoms with Gasteiger partial charge in [0.15, 0.2) is 11.5 Å². The molecule has 9 heteroatoms. The lowest BCUT2D eigenvalue weighted by atomic mass is 10.2. The van der Waals surface area contributed by atoms with Gasteiger partial charge in [-0.05, 0) is 45.8 Å². The first kappa shape index (κ1) is 18.5. The van der Waals surface area contributed by atoms with Gasteiger partial charge in [0.1, 0.15) is 18.8 Å². The Morgan fingerprint density at radius 3 is 2.88 bits per heavy atom. The number of hydrogen-bond acceptors (Lipinski definition) is 5. The van der Waals surface area contributed by atoms with E-state index in [2.05, 4.69) is 36.4 Å². The van der Waals surface area contributed by atoms with Crippen molar-refractivity contribution in [1.82, 2.24) is 15.2 Å². The molecule has 0 aliphatic carbocycles. The number of aromatic nitrogens is 3. The summed E-state index contributed by atoms with van der Waals surface area (Å²) in [5, 5.41) is 9.91. The third-order valence-electron chi connectivity index (χ3n) is 3.59. The smallest absolute Gasteiger partial charge is 0.218 e. The minimum atomic E-state index is -0.416. The van der Waals surface area contributed by atoms with Gasteiger partial charge in [-0.2, -0.15) is 5.10 Å². The van der Waals surface area contributed by atoms with Gasteiger partial charge in [-0.25, -0.2) is 14.5 Å². The molecule has 3 aromatic rings. The van der Waals surface area contributed by atoms with E-state index in [1.54, 1.807) is 19.2 Å². The van der Waals surface area contributed by atoms with Crippen LogP contribution in [0.2, 0.25) is 5.02 Å². The minimum absolute atomic E-state index is 0.0177. The largest absolute Gasteiger partial charge is 0.493 e. The number of ether oxygens (including phenoxy) is 2. The first-order chi connectivity index (χ1) is 12.6. The van der Waals surface area contributed by atoms with Gasteiger partial charge in [-0.15, -0.1) is 0 Å². The standard InChI is InChI=1S/C17H15BrClFN4O2/c1-25-15-6-10(7-21-17-22-9-23-24-17)5-12(18)16(15)26-8-11-13(19)3-2-4-14(11)20/h2-6,9H,7-8H2,1H3,(H2,21,22,23,24). The maximum atomic E-state index is 13.9. The number of nitrogens with zero attached hydrogens (tertiary/aromatic N) is 2. The summed E-state index contributed by atoms with van der Waals surface area (Å²) in [6, 6.07) is 8.22. The van der Waals surface area contributed by atoms with Gasteiger partial charge in [0.2, 0.25) is 5.95 Å². The first-order valence-corrected chi connectivity index (χ1v) is 8.77. The summed E-state index contributed by atoms with van der Waals surface area (Å²) in [6.07, 6.45) is 1.42. The van der Waals surface area contributed by atoms with Gasteiger partial charge in [-0.1, -0.05) is 17.7 Å². The van der Waals surface area contributed by atoms with Gasteiger partial charge in [0.25, 0.3) is 0 Å². The van der Waals surface area contributed by atoms with E-state index < -0.39 is 5.82 Å². The van der Waals surface area contributed by atoms with Gasteiger partial charge < -0.3 is 14.8 Å². The van der Waals surface area contributed by atoms with Crippen LogP contribution < -0.4 is 14.8 Å². The highest BCUT2D eigenvalue weighted by molar-refractivity contribution is 9.10. The number of halogens is 3. The number of benzene rings is 2. The summed E-state index contributed by atoms with van der Waals surface area (Å²) in [7, 11) is 1.54. The zero-order valence-electron chi connectivity index (χ0n) is 13.7. The van der Waals surface area contributed by atoms with E-state index in [-0.39, 0.29) is 6.61 Å². The second-order valence-corrected chi connectivity index (χ2v) is 6.55. The summed E-state index contributed by atoms with van der Waals surface area (Å²) >= 11 is 9.51. The Hall–Kier alpha value is -2.32. The lowest BCUT2D eigenvalue weighted by Gasteiger charge is -2.15. The fourth-order valence-corrected chi connectivity index (χ4v) is 3.13. The molecule has 2 N–H and O–H groups in total. The van der Waals surface area contributed by atoms with Crippen LogP contribution in [0.4, 0.5) is 10.3 Å². The normalized spacial score (nSPS) is 10.6. The molecule has 2 aromatic carbocycles. The summed E-state index contributed by atoms with van der Waals surface area (Å²) in [6.45, 7) is 0.486. The Bertz CT molecular complexity index is 872. The molecular weight excluding hydrogens is 427 g/mol. The summed E-state index contributed by atoms with van der Waals surface area (Å²) < 4.78 is 25.8. The van der Waals surface area contributed by atoms with Gasteiger partial charge in [0.05, 0.1) is 16.6 Å². The fraction of sp³-hybridized carbons (Fsp3) is 0.176. The van der Waals surface area contributed by atoms with E-state index in [0.29, 0.717) is 39.1 Å². The highest BCUT2D eigenvalue weighted by Crippen LogP contribution is 2.37. The van der Waals surface area contributed by atoms with E-state index in [4.69, 9.17) is 21.1 Å². The van der Waals surface area contributed by atoms with Crippen LogP contribution in [0.15, 0.2) is 41.1 Å². The van der Waals surface area contributed by atoms with Crippen LogP contribution in [0, 0.1) is 5.82 Å². The summed E-state index contributed by atoms with van der Waals surface area (Å²) in [4.78, 5) is 4.00. The molecule has 0 fully saturated rings. The molecule has 26 heavy (non-hydrogen) atoms. The third-order valence-corrected chi connectivity index (χ3v) is 4.53. The molecule has 1 aromatic heterocycles. The predicted octanol–water partition coefficient (Wildman–Crippen LogP) is 4.56. The van der Waals surface area contributed by atoms with E-state index >= 15 is 0 Å². The third kappa shape index (κ3) is 4.25. The monoisotopic (exact) mass is 440 g/mol. The molecule has 6 nitrogen and oxygen atoms in total. The van der Waals surface area contributed by atoms with Crippen molar-refractivity contribution >= 4 is 33.5 Å². The average molecular weight is 442 g/mol. The topological polar surface area (TPSA) is 72.1 Å². The number of nitrogens with one attached hydrogen (secondary N) is 2. The first-order valence-electron chi connectivity index (χ1n) is 7.60. The molecular formula is C17H15BrClFN4O2. The Morgan fingerprint density at radius 1 is 1.35 bits per heavy atom. The van der Waals surface area contributed by atoms with Crippen molar-refractivity contribution in [3.05, 3.63) is 63.1 Å². The van der Waals surface area contributed by atoms with Gasteiger partial charge >= 0.3 is 0 Å². The Kier molecular flexibility index (Phi) is 5.95. The van der Waals surface area contributed by atoms with Crippen LogP contribution in [0.1, 0.15) is 11.1 Å². The maximum absolute atomic E-state index is 13.9. The SMILES string of the molecule is COc1cc(CNc2ncn[nH]2)cc(Br)c1OCc1c(F)cccc1Cl. The van der Waals surface area contributed by atoms with Crippen molar-refractivity contribution in [3.8, 4) is 11.5 Å². The van der Waals surface area contributed by atoms with Crippen molar-refractivity contribution in [2.45, 2.75) is 13.2 Å². The summed E-state index contributed by atoms with van der Waals surface area (Å²) in [5.74, 6) is 1.13. The molecule has 0 bridgehead atoms. The van der Waals surface area contributed by atoms with E-state index in [9.17, 15) is 4.39 Å². The van der Waals surface area contributed by atoms with Crippen molar-refractivity contribution in [2.75, 3.05) is 12.4 Å². The van der Waals surface area contributed by atoms with Crippen LogP contribution in [-0.2, 0) is 13.2 Å². The predicted molar refractivity (Wildman–Crippen MR) is 100 cm³/mol. The van der Waals surface area contributed by atoms with Crippen LogP contribution in [-0.4, -0.2) is 22.3 Å². The maximum Gasteiger partial charge on any atom is 0.218 e. The van der Waals surface area contributed by atoms with Crippen molar-refractivity contribution in [1.29, 1.82) is 0 Å². The van der Waals surface area contributed by atoms with Crippen LogP contribution in [0.5, 0.6) is 11.5 Å². The molecule has 1 heterocycles. The van der Waals surface area contributed by atoms with Crippen molar-refractivity contribution < 1.29 is 13.9 Å². The number of rotatable bonds is 7. The molecule has 3 rings (SSSR count). The van der Waals surface area contributed by atoms with Crippen LogP contribution in [0.3, 0.4) is 0 Å². The van der Waals surface area contributed by atoms with Gasteiger partial charge in [-0.3, -0.25) is 0 Å². The molecule has 0 aliphatic heterocycles. The van der Waals surface area contributed by atoms with Crippen LogP contribution in [0.25, 0.3) is 0 Å². The van der Waals surface area contributed by atoms with Gasteiger partial charge in [0, 0.05) is 12.1 Å². The van der Waals surface area contributed by atoms with E-state index in [0.717, 1.165) is 5.56 Å². The van der Waals surface area contributed by atoms with Crippen molar-refractivity contribution in [2.24, 2.45) is 0 Å². The minimum Gasteiger partial charge on any atom is -0.493 e. The average Bonchev–Trinajstić information content (AvgIpc) is 3.14. The van der Waals surface area contributed by atoms with E-state index in [1.807, 2.05) is 12.1 Å². The molecule has 0 unspecified atom stereocenters. The zero-order valence-corrected chi connectivity index (χ0v) is 16.1. The molecule has 0 aliphatic rings. The quantitative estimate of drug-likeness (QED) is 0.562. The number of anilines is 1. The number of aromatic amines is 1. The highest BCUT2D eigenvalue weighted by atomic mass is 79.9. The highest BCUT2D eigenvalue weighted by Gasteiger charge is 2.14. The lowest BCUT2D eigenvalue weighted by molar-refractivity contribution is 0.278. The molecule has 136 valence electrons. The van der Waals surface area contributed by atoms with E-state index in [1.165, 1.54) is 12.4 Å². The Balaban J connectivity index is 1.76. The molecule has 0 spiro atoms. The molecule has 0 atom stereocenters. The lowest BCUT2D eigenvalue weighted by Crippen LogP contribution is -2.04. The Labute approximate surface area is 162 Å². The fourth-order valence-electron chi connectivity index (χ4n) is 2.31. The van der Waals surface area contributed by atoms with Crippen molar-refractivity contribution in [3.63, 3.8) is 0 Å². The number of H-pyrrole nitrogens is 1. The molecule has 0 radical (unpaired) electrons. The number of methoxy groups -OCH3 is 1. The second kappa shape index (κ2) is 8.37. The molecule has 0 saturated heterocycles. The summed E-state index contributed by atoms with van der Waals surface area (Å²) in [5.41, 5.74) is 1.22. The van der Waals surface area contributed by atoms with Crippen LogP contribution >= 0.6 is 27.5 Å². The Morgan fingerprint density at radius 2 is 2.19 bits per heavy atom. The second-order valence-electron chi connectivity index (χ2n) is 5.29. The number of hydrogen-bond donors (Lipinski definition) is 2. The molecule has 0 saturated carbocycles. The molecule has 0 amide bonds. The zero-order chi connectivity index (χ0) is 18.5.